The van der Waals surface area contributed by atoms with Gasteiger partial charge in [0.15, 0.2) is 11.5 Å². The summed E-state index contributed by atoms with van der Waals surface area (Å²) >= 11 is 0. The first-order valence-corrected chi connectivity index (χ1v) is 7.64. The highest BCUT2D eigenvalue weighted by atomic mass is 16.5. The van der Waals surface area contributed by atoms with Gasteiger partial charge >= 0.3 is 0 Å². The number of rotatable bonds is 5. The highest BCUT2D eigenvalue weighted by Crippen LogP contribution is 2.33. The van der Waals surface area contributed by atoms with Gasteiger partial charge in [0.2, 0.25) is 0 Å². The van der Waals surface area contributed by atoms with Crippen LogP contribution < -0.4 is 9.47 Å². The molecule has 3 rings (SSSR count). The van der Waals surface area contributed by atoms with Crippen molar-refractivity contribution >= 4 is 23.2 Å². The Morgan fingerprint density at radius 3 is 2.61 bits per heavy atom. The number of hydrogen-bond donors (Lipinski definition) is 1. The lowest BCUT2D eigenvalue weighted by atomic mass is 10.1. The average molecular weight is 308 g/mol. The van der Waals surface area contributed by atoms with E-state index in [2.05, 4.69) is 9.97 Å². The summed E-state index contributed by atoms with van der Waals surface area (Å²) in [6.45, 7) is 4.00. The normalized spacial score (nSPS) is 11.5. The molecule has 3 aromatic rings. The fraction of sp³-hybridized carbons (Fsp3) is 0.211. The molecule has 1 N–H and O–H groups in total. The molecule has 23 heavy (non-hydrogen) atoms. The molecule has 118 valence electrons. The zero-order valence-electron chi connectivity index (χ0n) is 13.5. The molecule has 0 atom stereocenters. The Hall–Kier alpha value is -2.75. The Morgan fingerprint density at radius 2 is 1.87 bits per heavy atom. The number of ether oxygens (including phenoxy) is 2. The topological polar surface area (TPSA) is 47.1 Å². The summed E-state index contributed by atoms with van der Waals surface area (Å²) in [4.78, 5) is 7.83. The molecule has 0 amide bonds. The number of imidazole rings is 1. The van der Waals surface area contributed by atoms with Crippen LogP contribution in [0.25, 0.3) is 23.2 Å². The predicted octanol–water partition coefficient (Wildman–Crippen LogP) is 4.53. The first-order chi connectivity index (χ1) is 11.2. The van der Waals surface area contributed by atoms with Gasteiger partial charge in [0.05, 0.1) is 24.2 Å². The molecule has 1 aromatic heterocycles. The summed E-state index contributed by atoms with van der Waals surface area (Å²) in [5, 5.41) is 0. The summed E-state index contributed by atoms with van der Waals surface area (Å²) in [7, 11) is 1.65. The van der Waals surface area contributed by atoms with Crippen molar-refractivity contribution in [3.05, 3.63) is 53.9 Å². The zero-order valence-corrected chi connectivity index (χ0v) is 13.5. The van der Waals surface area contributed by atoms with Crippen molar-refractivity contribution < 1.29 is 9.47 Å². The number of methoxy groups -OCH3 is 1. The SMILES string of the molecule is COc1cccc(C=Cc2nc3ccccc3[nH]2)c1OC(C)C. The second kappa shape index (κ2) is 6.57. The smallest absolute Gasteiger partial charge is 0.168 e. The zero-order chi connectivity index (χ0) is 16.2. The van der Waals surface area contributed by atoms with Gasteiger partial charge in [0.25, 0.3) is 0 Å². The van der Waals surface area contributed by atoms with Crippen LogP contribution in [0.3, 0.4) is 0 Å². The van der Waals surface area contributed by atoms with Gasteiger partial charge in [0, 0.05) is 5.56 Å². The first kappa shape index (κ1) is 15.2. The predicted molar refractivity (Wildman–Crippen MR) is 93.8 cm³/mol. The van der Waals surface area contributed by atoms with Crippen LogP contribution in [0.1, 0.15) is 25.2 Å². The van der Waals surface area contributed by atoms with Gasteiger partial charge in [-0.1, -0.05) is 24.3 Å². The van der Waals surface area contributed by atoms with Gasteiger partial charge < -0.3 is 14.5 Å². The molecule has 4 nitrogen and oxygen atoms in total. The number of nitrogens with one attached hydrogen (secondary N) is 1. The van der Waals surface area contributed by atoms with E-state index in [-0.39, 0.29) is 6.10 Å². The molecule has 1 heterocycles. The number of hydrogen-bond acceptors (Lipinski definition) is 3. The Balaban J connectivity index is 1.94. The molecule has 0 saturated carbocycles. The van der Waals surface area contributed by atoms with E-state index in [9.17, 15) is 0 Å². The van der Waals surface area contributed by atoms with Gasteiger partial charge in [-0.15, -0.1) is 0 Å². The van der Waals surface area contributed by atoms with Crippen LogP contribution in [0.5, 0.6) is 11.5 Å². The van der Waals surface area contributed by atoms with Crippen molar-refractivity contribution in [2.24, 2.45) is 0 Å². The molecule has 0 fully saturated rings. The van der Waals surface area contributed by atoms with E-state index < -0.39 is 0 Å². The van der Waals surface area contributed by atoms with Gasteiger partial charge in [-0.2, -0.15) is 0 Å². The minimum Gasteiger partial charge on any atom is -0.493 e. The van der Waals surface area contributed by atoms with Crippen molar-refractivity contribution in [3.63, 3.8) is 0 Å². The van der Waals surface area contributed by atoms with E-state index in [1.54, 1.807) is 7.11 Å². The van der Waals surface area contributed by atoms with Crippen LogP contribution in [-0.2, 0) is 0 Å². The van der Waals surface area contributed by atoms with E-state index in [1.807, 2.05) is 68.5 Å². The highest BCUT2D eigenvalue weighted by Gasteiger charge is 2.10. The fourth-order valence-electron chi connectivity index (χ4n) is 2.41. The number of aromatic nitrogens is 2. The number of fused-ring (bicyclic) bond motifs is 1. The lowest BCUT2D eigenvalue weighted by molar-refractivity contribution is 0.229. The van der Waals surface area contributed by atoms with E-state index in [4.69, 9.17) is 9.47 Å². The van der Waals surface area contributed by atoms with E-state index in [1.165, 1.54) is 0 Å². The summed E-state index contributed by atoms with van der Waals surface area (Å²) in [6.07, 6.45) is 4.00. The van der Waals surface area contributed by atoms with Gasteiger partial charge in [-0.3, -0.25) is 0 Å². The largest absolute Gasteiger partial charge is 0.493 e. The van der Waals surface area contributed by atoms with E-state index >= 15 is 0 Å². The second-order valence-electron chi connectivity index (χ2n) is 5.52. The monoisotopic (exact) mass is 308 g/mol. The van der Waals surface area contributed by atoms with Gasteiger partial charge in [-0.25, -0.2) is 4.98 Å². The third kappa shape index (κ3) is 3.37. The molecule has 0 unspecified atom stereocenters. The molecular weight excluding hydrogens is 288 g/mol. The quantitative estimate of drug-likeness (QED) is 0.753. The standard InChI is InChI=1S/C19H20N2O2/c1-13(2)23-19-14(7-6-10-17(19)22-3)11-12-18-20-15-8-4-5-9-16(15)21-18/h4-13H,1-3H3,(H,20,21). The highest BCUT2D eigenvalue weighted by molar-refractivity contribution is 5.79. The van der Waals surface area contributed by atoms with Crippen molar-refractivity contribution in [2.75, 3.05) is 7.11 Å². The summed E-state index contributed by atoms with van der Waals surface area (Å²) in [5.41, 5.74) is 2.94. The summed E-state index contributed by atoms with van der Waals surface area (Å²) in [6, 6.07) is 13.8. The van der Waals surface area contributed by atoms with Gasteiger partial charge in [0.1, 0.15) is 5.82 Å². The lowest BCUT2D eigenvalue weighted by Crippen LogP contribution is -2.07. The van der Waals surface area contributed by atoms with E-state index in [0.717, 1.165) is 33.9 Å². The summed E-state index contributed by atoms with van der Waals surface area (Å²) in [5.74, 6) is 2.28. The molecule has 0 aliphatic rings. The average Bonchev–Trinajstić information content (AvgIpc) is 2.96. The van der Waals surface area contributed by atoms with Crippen molar-refractivity contribution in [3.8, 4) is 11.5 Å². The molecule has 0 bridgehead atoms. The Bertz CT molecular complexity index is 801. The number of benzene rings is 2. The number of nitrogens with zero attached hydrogens (tertiary/aromatic N) is 1. The third-order valence-electron chi connectivity index (χ3n) is 3.41. The van der Waals surface area contributed by atoms with Crippen LogP contribution in [0.15, 0.2) is 42.5 Å². The maximum atomic E-state index is 5.91. The maximum absolute atomic E-state index is 5.91. The minimum atomic E-state index is 0.0738. The molecular formula is C19H20N2O2. The van der Waals surface area contributed by atoms with Crippen LogP contribution in [0, 0.1) is 0 Å². The first-order valence-electron chi connectivity index (χ1n) is 7.64. The van der Waals surface area contributed by atoms with Crippen LogP contribution in [-0.4, -0.2) is 23.2 Å². The second-order valence-corrected chi connectivity index (χ2v) is 5.52. The molecule has 4 heteroatoms. The molecule has 0 radical (unpaired) electrons. The molecule has 2 aromatic carbocycles. The summed E-state index contributed by atoms with van der Waals surface area (Å²) < 4.78 is 11.3. The Kier molecular flexibility index (Phi) is 4.33. The van der Waals surface area contributed by atoms with Crippen molar-refractivity contribution in [1.82, 2.24) is 9.97 Å². The fourth-order valence-corrected chi connectivity index (χ4v) is 2.41. The van der Waals surface area contributed by atoms with Crippen molar-refractivity contribution in [2.45, 2.75) is 20.0 Å². The number of H-pyrrole nitrogens is 1. The molecule has 0 aliphatic heterocycles. The van der Waals surface area contributed by atoms with E-state index in [0.29, 0.717) is 0 Å². The molecule has 0 spiro atoms. The lowest BCUT2D eigenvalue weighted by Gasteiger charge is -2.15. The molecule has 0 saturated heterocycles. The van der Waals surface area contributed by atoms with Crippen LogP contribution in [0.2, 0.25) is 0 Å². The van der Waals surface area contributed by atoms with Crippen LogP contribution >= 0.6 is 0 Å². The van der Waals surface area contributed by atoms with Crippen molar-refractivity contribution in [1.29, 1.82) is 0 Å². The van der Waals surface area contributed by atoms with Crippen LogP contribution in [0.4, 0.5) is 0 Å². The number of aromatic amines is 1. The maximum Gasteiger partial charge on any atom is 0.168 e. The Morgan fingerprint density at radius 1 is 1.04 bits per heavy atom. The van der Waals surface area contributed by atoms with Gasteiger partial charge in [-0.05, 0) is 44.2 Å². The Labute approximate surface area is 135 Å². The number of para-hydroxylation sites is 3. The molecule has 0 aliphatic carbocycles. The third-order valence-corrected chi connectivity index (χ3v) is 3.41. The minimum absolute atomic E-state index is 0.0738.